The molecule has 138 valence electrons. The van der Waals surface area contributed by atoms with Crippen LogP contribution in [-0.2, 0) is 23.1 Å². The van der Waals surface area contributed by atoms with E-state index in [2.05, 4.69) is 14.9 Å². The van der Waals surface area contributed by atoms with Crippen molar-refractivity contribution in [3.63, 3.8) is 0 Å². The summed E-state index contributed by atoms with van der Waals surface area (Å²) in [7, 11) is 1.58. The summed E-state index contributed by atoms with van der Waals surface area (Å²) in [5.74, 6) is -0.698. The first-order valence-electron chi connectivity index (χ1n) is 8.19. The van der Waals surface area contributed by atoms with Crippen LogP contribution in [0.15, 0.2) is 15.9 Å². The van der Waals surface area contributed by atoms with Crippen LogP contribution < -0.4 is 11.2 Å². The third-order valence-corrected chi connectivity index (χ3v) is 4.88. The van der Waals surface area contributed by atoms with Crippen molar-refractivity contribution in [2.75, 3.05) is 19.7 Å². The Morgan fingerprint density at radius 3 is 2.80 bits per heavy atom. The van der Waals surface area contributed by atoms with Crippen LogP contribution >= 0.6 is 12.4 Å². The molecule has 0 bridgehead atoms. The Bertz CT molecular complexity index is 884. The highest BCUT2D eigenvalue weighted by Crippen LogP contribution is 2.31. The van der Waals surface area contributed by atoms with Gasteiger partial charge in [-0.25, -0.2) is 9.78 Å². The minimum absolute atomic E-state index is 0. The molecule has 0 aliphatic carbocycles. The number of fused-ring (bicyclic) bond motifs is 1. The van der Waals surface area contributed by atoms with Crippen LogP contribution in [0.3, 0.4) is 0 Å². The van der Waals surface area contributed by atoms with Crippen LogP contribution in [0, 0.1) is 0 Å². The standard InChI is InChI=1S/C15H21N5O4.ClH/c1-15(20-5-3-4-6-20)23-8-10(24-15)7-19-9-16-12-11(19)13(21)17-14(22)18(12)2;/h9-10H,3-8H2,1-2H3,(H,17,21,22);1H. The summed E-state index contributed by atoms with van der Waals surface area (Å²) in [6.45, 7) is 4.79. The predicted octanol–water partition coefficient (Wildman–Crippen LogP) is 0.0300. The lowest BCUT2D eigenvalue weighted by atomic mass is 10.3. The molecule has 9 nitrogen and oxygen atoms in total. The molecule has 0 radical (unpaired) electrons. The van der Waals surface area contributed by atoms with Gasteiger partial charge in [-0.3, -0.25) is 19.2 Å². The summed E-state index contributed by atoms with van der Waals surface area (Å²) in [5, 5.41) is 0. The predicted molar refractivity (Wildman–Crippen MR) is 92.9 cm³/mol. The maximum atomic E-state index is 12.1. The second-order valence-corrected chi connectivity index (χ2v) is 6.53. The van der Waals surface area contributed by atoms with Crippen LogP contribution in [0.2, 0.25) is 0 Å². The number of aromatic amines is 1. The van der Waals surface area contributed by atoms with Gasteiger partial charge in [0.1, 0.15) is 6.10 Å². The molecular formula is C15H22ClN5O4. The fourth-order valence-electron chi connectivity index (χ4n) is 3.55. The quantitative estimate of drug-likeness (QED) is 0.818. The van der Waals surface area contributed by atoms with Gasteiger partial charge in [0.05, 0.1) is 19.5 Å². The third-order valence-electron chi connectivity index (χ3n) is 4.88. The number of ether oxygens (including phenoxy) is 2. The van der Waals surface area contributed by atoms with E-state index in [1.165, 1.54) is 4.57 Å². The number of rotatable bonds is 3. The van der Waals surface area contributed by atoms with E-state index in [-0.39, 0.29) is 18.5 Å². The van der Waals surface area contributed by atoms with Crippen LogP contribution in [0.25, 0.3) is 11.2 Å². The van der Waals surface area contributed by atoms with E-state index >= 15 is 0 Å². The Balaban J connectivity index is 0.00000182. The Morgan fingerprint density at radius 2 is 2.08 bits per heavy atom. The first-order valence-corrected chi connectivity index (χ1v) is 8.19. The van der Waals surface area contributed by atoms with Crippen molar-refractivity contribution in [1.82, 2.24) is 24.0 Å². The Labute approximate surface area is 150 Å². The largest absolute Gasteiger partial charge is 0.335 e. The highest BCUT2D eigenvalue weighted by Gasteiger charge is 2.43. The molecule has 2 atom stereocenters. The van der Waals surface area contributed by atoms with Gasteiger partial charge in [0.15, 0.2) is 11.2 Å². The first-order chi connectivity index (χ1) is 11.5. The number of hydrogen-bond donors (Lipinski definition) is 1. The minimum Gasteiger partial charge on any atom is -0.335 e. The maximum absolute atomic E-state index is 12.1. The van der Waals surface area contributed by atoms with E-state index in [1.807, 2.05) is 6.92 Å². The topological polar surface area (TPSA) is 94.4 Å². The number of aryl methyl sites for hydroxylation is 1. The number of imidazole rings is 1. The lowest BCUT2D eigenvalue weighted by Gasteiger charge is -2.33. The highest BCUT2D eigenvalue weighted by atomic mass is 35.5. The van der Waals surface area contributed by atoms with Gasteiger partial charge in [-0.05, 0) is 12.8 Å². The molecule has 2 saturated heterocycles. The first kappa shape index (κ1) is 18.1. The van der Waals surface area contributed by atoms with E-state index in [0.717, 1.165) is 25.9 Å². The molecular weight excluding hydrogens is 350 g/mol. The molecule has 0 aromatic carbocycles. The molecule has 2 aliphatic rings. The average Bonchev–Trinajstić information content (AvgIpc) is 3.26. The van der Waals surface area contributed by atoms with Gasteiger partial charge in [0.25, 0.3) is 5.56 Å². The zero-order valence-electron chi connectivity index (χ0n) is 14.2. The van der Waals surface area contributed by atoms with Crippen molar-refractivity contribution in [2.45, 2.75) is 38.3 Å². The molecule has 1 N–H and O–H groups in total. The van der Waals surface area contributed by atoms with Crippen LogP contribution in [-0.4, -0.2) is 55.7 Å². The number of aromatic nitrogens is 4. The number of hydrogen-bond acceptors (Lipinski definition) is 6. The zero-order chi connectivity index (χ0) is 16.9. The van der Waals surface area contributed by atoms with Gasteiger partial charge in [0, 0.05) is 27.1 Å². The number of likely N-dealkylation sites (tertiary alicyclic amines) is 1. The van der Waals surface area contributed by atoms with E-state index in [4.69, 9.17) is 9.47 Å². The lowest BCUT2D eigenvalue weighted by Crippen LogP contribution is -2.46. The van der Waals surface area contributed by atoms with Crippen LogP contribution in [0.5, 0.6) is 0 Å². The molecule has 2 unspecified atom stereocenters. The van der Waals surface area contributed by atoms with Crippen LogP contribution in [0.1, 0.15) is 19.8 Å². The lowest BCUT2D eigenvalue weighted by molar-refractivity contribution is -0.247. The maximum Gasteiger partial charge on any atom is 0.329 e. The second kappa shape index (κ2) is 6.56. The molecule has 0 spiro atoms. The van der Waals surface area contributed by atoms with Gasteiger partial charge >= 0.3 is 5.69 Å². The van der Waals surface area contributed by atoms with Crippen molar-refractivity contribution < 1.29 is 9.47 Å². The van der Waals surface area contributed by atoms with E-state index in [9.17, 15) is 9.59 Å². The molecule has 4 rings (SSSR count). The molecule has 2 fully saturated rings. The Hall–Kier alpha value is -1.68. The van der Waals surface area contributed by atoms with E-state index in [0.29, 0.717) is 24.3 Å². The monoisotopic (exact) mass is 371 g/mol. The fourth-order valence-corrected chi connectivity index (χ4v) is 3.55. The van der Waals surface area contributed by atoms with Gasteiger partial charge in [0.2, 0.25) is 5.91 Å². The van der Waals surface area contributed by atoms with Crippen molar-refractivity contribution in [1.29, 1.82) is 0 Å². The number of H-pyrrole nitrogens is 1. The summed E-state index contributed by atoms with van der Waals surface area (Å²) in [6, 6.07) is 0. The molecule has 25 heavy (non-hydrogen) atoms. The van der Waals surface area contributed by atoms with Crippen molar-refractivity contribution in [3.05, 3.63) is 27.2 Å². The van der Waals surface area contributed by atoms with Crippen molar-refractivity contribution in [3.8, 4) is 0 Å². The smallest absolute Gasteiger partial charge is 0.329 e. The summed E-state index contributed by atoms with van der Waals surface area (Å²) in [6.07, 6.45) is 3.70. The van der Waals surface area contributed by atoms with Crippen molar-refractivity contribution in [2.24, 2.45) is 7.05 Å². The fraction of sp³-hybridized carbons (Fsp3) is 0.667. The van der Waals surface area contributed by atoms with Gasteiger partial charge in [-0.2, -0.15) is 0 Å². The summed E-state index contributed by atoms with van der Waals surface area (Å²) >= 11 is 0. The Kier molecular flexibility index (Phi) is 4.76. The number of nitrogens with one attached hydrogen (secondary N) is 1. The summed E-state index contributed by atoms with van der Waals surface area (Å²) < 4.78 is 15.1. The highest BCUT2D eigenvalue weighted by molar-refractivity contribution is 5.85. The number of nitrogens with zero attached hydrogens (tertiary/aromatic N) is 4. The van der Waals surface area contributed by atoms with E-state index < -0.39 is 17.2 Å². The molecule has 2 aromatic heterocycles. The Morgan fingerprint density at radius 1 is 1.36 bits per heavy atom. The second-order valence-electron chi connectivity index (χ2n) is 6.53. The SMILES string of the molecule is Cl.Cn1c(=O)[nH]c(=O)c2c1ncn2CC1COC(C)(N2CCCC2)O1. The van der Waals surface area contributed by atoms with Gasteiger partial charge < -0.3 is 14.0 Å². The van der Waals surface area contributed by atoms with E-state index in [1.54, 1.807) is 17.9 Å². The zero-order valence-corrected chi connectivity index (χ0v) is 15.0. The molecule has 0 amide bonds. The molecule has 10 heteroatoms. The van der Waals surface area contributed by atoms with Crippen molar-refractivity contribution >= 4 is 23.6 Å². The minimum atomic E-state index is -0.698. The van der Waals surface area contributed by atoms with Gasteiger partial charge in [-0.15, -0.1) is 12.4 Å². The average molecular weight is 372 g/mol. The third kappa shape index (κ3) is 3.01. The van der Waals surface area contributed by atoms with Gasteiger partial charge in [-0.1, -0.05) is 0 Å². The molecule has 2 aromatic rings. The number of halogens is 1. The summed E-state index contributed by atoms with van der Waals surface area (Å²) in [4.78, 5) is 32.5. The molecule has 2 aliphatic heterocycles. The normalized spacial score (nSPS) is 27.0. The molecule has 0 saturated carbocycles. The van der Waals surface area contributed by atoms with Crippen LogP contribution in [0.4, 0.5) is 0 Å². The molecule has 4 heterocycles. The summed E-state index contributed by atoms with van der Waals surface area (Å²) in [5.41, 5.74) is -0.174.